The van der Waals surface area contributed by atoms with Gasteiger partial charge in [0.15, 0.2) is 9.84 Å². The van der Waals surface area contributed by atoms with Gasteiger partial charge in [-0.25, -0.2) is 8.42 Å². The van der Waals surface area contributed by atoms with E-state index in [2.05, 4.69) is 33.0 Å². The maximum absolute atomic E-state index is 11.4. The maximum atomic E-state index is 11.4. The molecule has 114 valence electrons. The summed E-state index contributed by atoms with van der Waals surface area (Å²) in [4.78, 5) is 0.376. The Hall–Kier alpha value is -0.870. The third-order valence-electron chi connectivity index (χ3n) is 3.52. The van der Waals surface area contributed by atoms with Crippen molar-refractivity contribution in [3.05, 3.63) is 29.8 Å². The summed E-state index contributed by atoms with van der Waals surface area (Å²) in [7, 11) is -3.11. The Morgan fingerprint density at radius 3 is 2.00 bits per heavy atom. The number of benzene rings is 1. The van der Waals surface area contributed by atoms with Crippen LogP contribution in [-0.4, -0.2) is 20.7 Å². The summed E-state index contributed by atoms with van der Waals surface area (Å²) < 4.78 is 22.9. The fourth-order valence-corrected chi connectivity index (χ4v) is 2.82. The molecule has 0 aromatic heterocycles. The van der Waals surface area contributed by atoms with Gasteiger partial charge in [-0.1, -0.05) is 26.0 Å². The first-order valence-corrected chi connectivity index (χ1v) is 9.15. The minimum absolute atomic E-state index is 0.228. The van der Waals surface area contributed by atoms with Crippen molar-refractivity contribution in [2.24, 2.45) is 5.92 Å². The van der Waals surface area contributed by atoms with Crippen LogP contribution in [0.4, 0.5) is 0 Å². The number of nitrogens with one attached hydrogen (secondary N) is 1. The molecule has 2 atom stereocenters. The lowest BCUT2D eigenvalue weighted by Gasteiger charge is -2.21. The van der Waals surface area contributed by atoms with Crippen molar-refractivity contribution in [2.75, 3.05) is 6.26 Å². The predicted molar refractivity (Wildman–Crippen MR) is 84.6 cm³/mol. The predicted octanol–water partition coefficient (Wildman–Crippen LogP) is 3.57. The Balaban J connectivity index is 2.62. The van der Waals surface area contributed by atoms with Gasteiger partial charge in [0.1, 0.15) is 0 Å². The van der Waals surface area contributed by atoms with Gasteiger partial charge in [-0.3, -0.25) is 0 Å². The molecule has 1 N–H and O–H groups in total. The van der Waals surface area contributed by atoms with Crippen LogP contribution >= 0.6 is 0 Å². The first-order chi connectivity index (χ1) is 9.20. The Morgan fingerprint density at radius 2 is 1.55 bits per heavy atom. The quantitative estimate of drug-likeness (QED) is 0.837. The Kier molecular flexibility index (Phi) is 6.21. The van der Waals surface area contributed by atoms with Crippen molar-refractivity contribution in [3.8, 4) is 0 Å². The van der Waals surface area contributed by atoms with Crippen LogP contribution in [0.1, 0.15) is 52.1 Å². The largest absolute Gasteiger partial charge is 0.308 e. The van der Waals surface area contributed by atoms with Crippen LogP contribution in [-0.2, 0) is 9.84 Å². The molecule has 1 aromatic rings. The van der Waals surface area contributed by atoms with Crippen molar-refractivity contribution in [1.29, 1.82) is 0 Å². The highest BCUT2D eigenvalue weighted by molar-refractivity contribution is 7.90. The van der Waals surface area contributed by atoms with Crippen molar-refractivity contribution in [2.45, 2.75) is 57.5 Å². The van der Waals surface area contributed by atoms with E-state index in [4.69, 9.17) is 0 Å². The zero-order chi connectivity index (χ0) is 15.3. The summed E-state index contributed by atoms with van der Waals surface area (Å²) in [6.07, 6.45) is 3.61. The van der Waals surface area contributed by atoms with Gasteiger partial charge >= 0.3 is 0 Å². The van der Waals surface area contributed by atoms with Gasteiger partial charge in [-0.05, 0) is 50.3 Å². The molecular formula is C16H27NO2S. The van der Waals surface area contributed by atoms with E-state index in [0.29, 0.717) is 10.9 Å². The fraction of sp³-hybridized carbons (Fsp3) is 0.625. The Bertz CT molecular complexity index is 506. The van der Waals surface area contributed by atoms with E-state index in [-0.39, 0.29) is 6.04 Å². The second kappa shape index (κ2) is 7.23. The van der Waals surface area contributed by atoms with Crippen LogP contribution < -0.4 is 5.32 Å². The van der Waals surface area contributed by atoms with Crippen molar-refractivity contribution < 1.29 is 8.42 Å². The maximum Gasteiger partial charge on any atom is 0.175 e. The van der Waals surface area contributed by atoms with E-state index >= 15 is 0 Å². The van der Waals surface area contributed by atoms with Crippen LogP contribution in [0.15, 0.2) is 29.2 Å². The van der Waals surface area contributed by atoms with E-state index < -0.39 is 9.84 Å². The normalized spacial score (nSPS) is 15.3. The molecule has 0 fully saturated rings. The highest BCUT2D eigenvalue weighted by Gasteiger charge is 2.12. The number of sulfone groups is 1. The summed E-state index contributed by atoms with van der Waals surface area (Å²) >= 11 is 0. The molecule has 20 heavy (non-hydrogen) atoms. The Labute approximate surface area is 123 Å². The van der Waals surface area contributed by atoms with Gasteiger partial charge in [-0.15, -0.1) is 0 Å². The van der Waals surface area contributed by atoms with Crippen LogP contribution in [0.2, 0.25) is 0 Å². The van der Waals surface area contributed by atoms with Crippen molar-refractivity contribution >= 4 is 9.84 Å². The molecule has 1 rings (SSSR count). The molecule has 0 amide bonds. The Morgan fingerprint density at radius 1 is 1.00 bits per heavy atom. The monoisotopic (exact) mass is 297 g/mol. The van der Waals surface area contributed by atoms with Crippen LogP contribution in [0.25, 0.3) is 0 Å². The summed E-state index contributed by atoms with van der Waals surface area (Å²) in [5.41, 5.74) is 1.12. The lowest BCUT2D eigenvalue weighted by atomic mass is 10.0. The van der Waals surface area contributed by atoms with Crippen molar-refractivity contribution in [3.63, 3.8) is 0 Å². The van der Waals surface area contributed by atoms with E-state index in [9.17, 15) is 8.42 Å². The van der Waals surface area contributed by atoms with Crippen molar-refractivity contribution in [1.82, 2.24) is 5.32 Å². The third-order valence-corrected chi connectivity index (χ3v) is 4.65. The lowest BCUT2D eigenvalue weighted by molar-refractivity contribution is 0.417. The summed E-state index contributed by atoms with van der Waals surface area (Å²) in [6, 6.07) is 7.84. The fourth-order valence-electron chi connectivity index (χ4n) is 2.19. The molecule has 0 heterocycles. The average Bonchev–Trinajstić information content (AvgIpc) is 2.35. The first-order valence-electron chi connectivity index (χ1n) is 7.26. The van der Waals surface area contributed by atoms with Crippen LogP contribution in [0, 0.1) is 5.92 Å². The first kappa shape index (κ1) is 17.2. The van der Waals surface area contributed by atoms with E-state index in [0.717, 1.165) is 17.9 Å². The summed E-state index contributed by atoms with van der Waals surface area (Å²) in [5.74, 6) is 0.726. The molecule has 0 aliphatic rings. The zero-order valence-corrected chi connectivity index (χ0v) is 14.0. The third kappa shape index (κ3) is 5.63. The standard InChI is InChI=1S/C16H27NO2S/c1-12(2)6-7-13(3)17-14(4)15-8-10-16(11-9-15)20(5,18)19/h8-14,17H,6-7H2,1-5H3. The topological polar surface area (TPSA) is 46.2 Å². The van der Waals surface area contributed by atoms with Gasteiger partial charge in [-0.2, -0.15) is 0 Å². The minimum Gasteiger partial charge on any atom is -0.308 e. The second-order valence-corrected chi connectivity index (χ2v) is 8.12. The van der Waals surface area contributed by atoms with Crippen LogP contribution in [0.3, 0.4) is 0 Å². The lowest BCUT2D eigenvalue weighted by Crippen LogP contribution is -2.29. The highest BCUT2D eigenvalue weighted by Crippen LogP contribution is 2.18. The molecule has 4 heteroatoms. The van der Waals surface area contributed by atoms with E-state index in [1.807, 2.05) is 12.1 Å². The molecule has 0 saturated heterocycles. The molecule has 0 radical (unpaired) electrons. The van der Waals surface area contributed by atoms with Gasteiger partial charge in [0.2, 0.25) is 0 Å². The van der Waals surface area contributed by atoms with Gasteiger partial charge in [0, 0.05) is 18.3 Å². The summed E-state index contributed by atoms with van der Waals surface area (Å²) in [5, 5.41) is 3.56. The molecule has 1 aromatic carbocycles. The average molecular weight is 297 g/mol. The second-order valence-electron chi connectivity index (χ2n) is 6.10. The molecule has 3 nitrogen and oxygen atoms in total. The SMILES string of the molecule is CC(C)CCC(C)NC(C)c1ccc(S(C)(=O)=O)cc1. The van der Waals surface area contributed by atoms with Gasteiger partial charge < -0.3 is 5.32 Å². The molecular weight excluding hydrogens is 270 g/mol. The highest BCUT2D eigenvalue weighted by atomic mass is 32.2. The molecule has 0 bridgehead atoms. The zero-order valence-electron chi connectivity index (χ0n) is 13.2. The van der Waals surface area contributed by atoms with Gasteiger partial charge in [0.05, 0.1) is 4.90 Å². The van der Waals surface area contributed by atoms with Gasteiger partial charge in [0.25, 0.3) is 0 Å². The molecule has 0 saturated carbocycles. The number of hydrogen-bond acceptors (Lipinski definition) is 3. The summed E-state index contributed by atoms with van der Waals surface area (Å²) in [6.45, 7) is 8.78. The molecule has 0 aliphatic carbocycles. The molecule has 0 aliphatic heterocycles. The van der Waals surface area contributed by atoms with E-state index in [1.165, 1.54) is 12.7 Å². The number of rotatable bonds is 7. The number of hydrogen-bond donors (Lipinski definition) is 1. The van der Waals surface area contributed by atoms with Crippen LogP contribution in [0.5, 0.6) is 0 Å². The van der Waals surface area contributed by atoms with E-state index in [1.54, 1.807) is 12.1 Å². The smallest absolute Gasteiger partial charge is 0.175 e. The molecule has 2 unspecified atom stereocenters. The molecule has 0 spiro atoms. The minimum atomic E-state index is -3.11.